The summed E-state index contributed by atoms with van der Waals surface area (Å²) >= 11 is 1.60. The number of piperidine rings is 1. The van der Waals surface area contributed by atoms with Crippen LogP contribution in [0.25, 0.3) is 4.96 Å². The number of likely N-dealkylation sites (tertiary alicyclic amines) is 1. The number of nitrogens with zero attached hydrogens (tertiary/aromatic N) is 5. The highest BCUT2D eigenvalue weighted by atomic mass is 32.1. The molecule has 136 valence electrons. The van der Waals surface area contributed by atoms with Gasteiger partial charge >= 0.3 is 0 Å². The number of ether oxygens (including phenoxy) is 1. The van der Waals surface area contributed by atoms with E-state index in [2.05, 4.69) is 15.3 Å². The van der Waals surface area contributed by atoms with Gasteiger partial charge in [0.05, 0.1) is 13.5 Å². The van der Waals surface area contributed by atoms with Gasteiger partial charge in [0.1, 0.15) is 10.8 Å². The lowest BCUT2D eigenvalue weighted by Gasteiger charge is -2.31. The van der Waals surface area contributed by atoms with Crippen LogP contribution in [0.2, 0.25) is 0 Å². The SMILES string of the molecule is COc1ccc(CC(=O)N2CCC(c3nn4c(C)nnc4s3)CC2)cc1. The first kappa shape index (κ1) is 17.0. The van der Waals surface area contributed by atoms with Gasteiger partial charge in [-0.05, 0) is 37.5 Å². The summed E-state index contributed by atoms with van der Waals surface area (Å²) < 4.78 is 6.96. The topological polar surface area (TPSA) is 72.6 Å². The van der Waals surface area contributed by atoms with Crippen molar-refractivity contribution in [3.8, 4) is 5.75 Å². The second-order valence-corrected chi connectivity index (χ2v) is 7.55. The molecule has 1 amide bonds. The van der Waals surface area contributed by atoms with Crippen molar-refractivity contribution in [1.29, 1.82) is 0 Å². The summed E-state index contributed by atoms with van der Waals surface area (Å²) in [5, 5.41) is 13.9. The van der Waals surface area contributed by atoms with Crippen molar-refractivity contribution in [2.75, 3.05) is 20.2 Å². The number of aryl methyl sites for hydroxylation is 1. The lowest BCUT2D eigenvalue weighted by atomic mass is 9.97. The molecular formula is C18H21N5O2S. The van der Waals surface area contributed by atoms with Gasteiger partial charge in [-0.15, -0.1) is 10.2 Å². The summed E-state index contributed by atoms with van der Waals surface area (Å²) in [6.07, 6.45) is 2.32. The maximum Gasteiger partial charge on any atom is 0.234 e. The number of benzene rings is 1. The zero-order chi connectivity index (χ0) is 18.1. The normalized spacial score (nSPS) is 15.5. The third-order valence-electron chi connectivity index (χ3n) is 4.87. The van der Waals surface area contributed by atoms with Gasteiger partial charge < -0.3 is 9.64 Å². The minimum atomic E-state index is 0.183. The number of carbonyl (C=O) groups is 1. The number of carbonyl (C=O) groups excluding carboxylic acids is 1. The van der Waals surface area contributed by atoms with E-state index in [4.69, 9.17) is 4.74 Å². The van der Waals surface area contributed by atoms with E-state index in [0.717, 1.165) is 53.0 Å². The fourth-order valence-electron chi connectivity index (χ4n) is 3.30. The van der Waals surface area contributed by atoms with Gasteiger partial charge in [-0.25, -0.2) is 0 Å². The molecule has 4 rings (SSSR count). The second-order valence-electron chi connectivity index (χ2n) is 6.56. The zero-order valence-electron chi connectivity index (χ0n) is 14.9. The highest BCUT2D eigenvalue weighted by Gasteiger charge is 2.26. The molecule has 26 heavy (non-hydrogen) atoms. The van der Waals surface area contributed by atoms with Crippen molar-refractivity contribution in [3.63, 3.8) is 0 Å². The number of amides is 1. The average molecular weight is 371 g/mol. The van der Waals surface area contributed by atoms with Crippen LogP contribution >= 0.6 is 11.3 Å². The molecule has 1 aliphatic heterocycles. The van der Waals surface area contributed by atoms with Crippen molar-refractivity contribution in [1.82, 2.24) is 24.7 Å². The van der Waals surface area contributed by atoms with Crippen LogP contribution in [0, 0.1) is 6.92 Å². The molecule has 1 aliphatic rings. The maximum atomic E-state index is 12.6. The molecule has 0 bridgehead atoms. The van der Waals surface area contributed by atoms with Gasteiger partial charge in [-0.3, -0.25) is 4.79 Å². The van der Waals surface area contributed by atoms with E-state index in [9.17, 15) is 4.79 Å². The van der Waals surface area contributed by atoms with Gasteiger partial charge in [0.15, 0.2) is 5.82 Å². The minimum absolute atomic E-state index is 0.183. The molecule has 0 unspecified atom stereocenters. The molecule has 1 saturated heterocycles. The Balaban J connectivity index is 1.35. The molecule has 1 aromatic carbocycles. The lowest BCUT2D eigenvalue weighted by Crippen LogP contribution is -2.38. The predicted molar refractivity (Wildman–Crippen MR) is 98.6 cm³/mol. The highest BCUT2D eigenvalue weighted by molar-refractivity contribution is 7.16. The zero-order valence-corrected chi connectivity index (χ0v) is 15.7. The predicted octanol–water partition coefficient (Wildman–Crippen LogP) is 2.45. The second kappa shape index (κ2) is 7.03. The van der Waals surface area contributed by atoms with Gasteiger partial charge in [-0.1, -0.05) is 23.5 Å². The summed E-state index contributed by atoms with van der Waals surface area (Å²) in [5.74, 6) is 2.20. The van der Waals surface area contributed by atoms with Crippen molar-refractivity contribution < 1.29 is 9.53 Å². The number of hydrogen-bond acceptors (Lipinski definition) is 6. The fraction of sp³-hybridized carbons (Fsp3) is 0.444. The van der Waals surface area contributed by atoms with E-state index in [0.29, 0.717) is 12.3 Å². The van der Waals surface area contributed by atoms with Gasteiger partial charge in [-0.2, -0.15) is 9.61 Å². The summed E-state index contributed by atoms with van der Waals surface area (Å²) in [6, 6.07) is 7.69. The molecule has 1 fully saturated rings. The number of aromatic nitrogens is 4. The van der Waals surface area contributed by atoms with Crippen LogP contribution in [-0.4, -0.2) is 50.8 Å². The minimum Gasteiger partial charge on any atom is -0.497 e. The molecule has 7 nitrogen and oxygen atoms in total. The Bertz CT molecular complexity index is 909. The fourth-order valence-corrected chi connectivity index (χ4v) is 4.35. The van der Waals surface area contributed by atoms with E-state index in [1.165, 1.54) is 0 Å². The Morgan fingerprint density at radius 2 is 1.96 bits per heavy atom. The Hall–Kier alpha value is -2.48. The molecule has 0 saturated carbocycles. The van der Waals surface area contributed by atoms with Crippen molar-refractivity contribution in [3.05, 3.63) is 40.7 Å². The van der Waals surface area contributed by atoms with Crippen LogP contribution in [0.15, 0.2) is 24.3 Å². The molecular weight excluding hydrogens is 350 g/mol. The molecule has 0 radical (unpaired) electrons. The van der Waals surface area contributed by atoms with Crippen LogP contribution in [0.1, 0.15) is 35.2 Å². The molecule has 2 aromatic heterocycles. The quantitative estimate of drug-likeness (QED) is 0.704. The average Bonchev–Trinajstić information content (AvgIpc) is 3.25. The summed E-state index contributed by atoms with van der Waals surface area (Å²) in [5.41, 5.74) is 1.02. The van der Waals surface area contributed by atoms with Crippen molar-refractivity contribution in [2.45, 2.75) is 32.1 Å². The largest absolute Gasteiger partial charge is 0.497 e. The van der Waals surface area contributed by atoms with E-state index in [-0.39, 0.29) is 5.91 Å². The monoisotopic (exact) mass is 371 g/mol. The van der Waals surface area contributed by atoms with Gasteiger partial charge in [0.25, 0.3) is 0 Å². The summed E-state index contributed by atoms with van der Waals surface area (Å²) in [7, 11) is 1.64. The molecule has 0 aliphatic carbocycles. The van der Waals surface area contributed by atoms with Crippen LogP contribution < -0.4 is 4.74 Å². The molecule has 3 heterocycles. The van der Waals surface area contributed by atoms with Crippen LogP contribution in [0.3, 0.4) is 0 Å². The van der Waals surface area contributed by atoms with Crippen LogP contribution in [-0.2, 0) is 11.2 Å². The maximum absolute atomic E-state index is 12.6. The van der Waals surface area contributed by atoms with E-state index in [1.54, 1.807) is 23.0 Å². The lowest BCUT2D eigenvalue weighted by molar-refractivity contribution is -0.131. The smallest absolute Gasteiger partial charge is 0.234 e. The molecule has 8 heteroatoms. The van der Waals surface area contributed by atoms with Crippen LogP contribution in [0.4, 0.5) is 0 Å². The van der Waals surface area contributed by atoms with Crippen molar-refractivity contribution >= 4 is 22.2 Å². The summed E-state index contributed by atoms with van der Waals surface area (Å²) in [4.78, 5) is 15.4. The third kappa shape index (κ3) is 3.29. The summed E-state index contributed by atoms with van der Waals surface area (Å²) in [6.45, 7) is 3.46. The Morgan fingerprint density at radius 3 is 2.62 bits per heavy atom. The Kier molecular flexibility index (Phi) is 4.58. The number of rotatable bonds is 4. The van der Waals surface area contributed by atoms with Crippen molar-refractivity contribution in [2.24, 2.45) is 0 Å². The Labute approximate surface area is 155 Å². The molecule has 3 aromatic rings. The first-order valence-electron chi connectivity index (χ1n) is 8.73. The standard InChI is InChI=1S/C18H21N5O2S/c1-12-19-20-18-23(12)21-17(26-18)14-7-9-22(10-8-14)16(24)11-13-3-5-15(25-2)6-4-13/h3-6,14H,7-11H2,1-2H3. The molecule has 0 spiro atoms. The van der Waals surface area contributed by atoms with E-state index in [1.807, 2.05) is 36.1 Å². The Morgan fingerprint density at radius 1 is 1.23 bits per heavy atom. The van der Waals surface area contributed by atoms with E-state index >= 15 is 0 Å². The highest BCUT2D eigenvalue weighted by Crippen LogP contribution is 2.31. The van der Waals surface area contributed by atoms with Gasteiger partial charge in [0.2, 0.25) is 10.9 Å². The molecule has 0 N–H and O–H groups in total. The molecule has 0 atom stereocenters. The number of fused-ring (bicyclic) bond motifs is 1. The number of methoxy groups -OCH3 is 1. The van der Waals surface area contributed by atoms with E-state index < -0.39 is 0 Å². The number of hydrogen-bond donors (Lipinski definition) is 0. The first-order chi connectivity index (χ1) is 12.6. The van der Waals surface area contributed by atoms with Gasteiger partial charge in [0, 0.05) is 19.0 Å². The van der Waals surface area contributed by atoms with Crippen LogP contribution in [0.5, 0.6) is 5.75 Å². The first-order valence-corrected chi connectivity index (χ1v) is 9.55. The third-order valence-corrected chi connectivity index (χ3v) is 5.93.